The van der Waals surface area contributed by atoms with E-state index in [0.29, 0.717) is 21.4 Å². The number of carboxylic acids is 1. The maximum atomic E-state index is 14.0. The Labute approximate surface area is 181 Å². The molecule has 0 spiro atoms. The minimum Gasteiger partial charge on any atom is -0.478 e. The fourth-order valence-electron chi connectivity index (χ4n) is 2.71. The number of hydrogen-bond donors (Lipinski definition) is 2. The van der Waals surface area contributed by atoms with Crippen molar-refractivity contribution >= 4 is 51.1 Å². The molecule has 2 N–H and O–H groups in total. The van der Waals surface area contributed by atoms with Gasteiger partial charge in [0.2, 0.25) is 0 Å². The molecule has 3 rings (SSSR count). The van der Waals surface area contributed by atoms with Crippen LogP contribution in [0.2, 0.25) is 0 Å². The summed E-state index contributed by atoms with van der Waals surface area (Å²) in [6.45, 7) is 1.88. The lowest BCUT2D eigenvalue weighted by Crippen LogP contribution is -1.98. The van der Waals surface area contributed by atoms with Gasteiger partial charge in [-0.1, -0.05) is 30.3 Å². The number of carboxylic acid groups (broad SMARTS) is 1. The maximum absolute atomic E-state index is 14.0. The van der Waals surface area contributed by atoms with Gasteiger partial charge in [0.25, 0.3) is 0 Å². The highest BCUT2D eigenvalue weighted by Crippen LogP contribution is 2.32. The Morgan fingerprint density at radius 3 is 2.62 bits per heavy atom. The molecule has 0 radical (unpaired) electrons. The van der Waals surface area contributed by atoms with Crippen molar-refractivity contribution in [3.05, 3.63) is 93.7 Å². The van der Waals surface area contributed by atoms with Crippen molar-refractivity contribution in [3.8, 4) is 0 Å². The molecule has 0 amide bonds. The molecule has 0 aliphatic heterocycles. The summed E-state index contributed by atoms with van der Waals surface area (Å²) in [4.78, 5) is 12.0. The van der Waals surface area contributed by atoms with Gasteiger partial charge in [0.1, 0.15) is 5.82 Å². The van der Waals surface area contributed by atoms with Gasteiger partial charge >= 0.3 is 5.97 Å². The van der Waals surface area contributed by atoms with E-state index in [2.05, 4.69) is 33.4 Å². The number of thioether (sulfide) groups is 1. The maximum Gasteiger partial charge on any atom is 0.328 e. The van der Waals surface area contributed by atoms with E-state index in [9.17, 15) is 9.18 Å². The minimum absolute atomic E-state index is 0.365. The van der Waals surface area contributed by atoms with Crippen LogP contribution in [0.15, 0.2) is 76.1 Å². The first-order valence-electron chi connectivity index (χ1n) is 8.87. The van der Waals surface area contributed by atoms with Gasteiger partial charge in [-0.25, -0.2) is 9.18 Å². The summed E-state index contributed by atoms with van der Waals surface area (Å²) in [6.07, 6.45) is 2.64. The van der Waals surface area contributed by atoms with Gasteiger partial charge in [-0.3, -0.25) is 0 Å². The van der Waals surface area contributed by atoms with E-state index in [1.165, 1.54) is 11.6 Å². The molecule has 3 aromatic carbocycles. The number of halogens is 2. The number of carbonyl (C=O) groups is 1. The van der Waals surface area contributed by atoms with Gasteiger partial charge in [-0.05, 0) is 76.0 Å². The van der Waals surface area contributed by atoms with Crippen LogP contribution in [0.3, 0.4) is 0 Å². The number of benzene rings is 3. The fourth-order valence-corrected chi connectivity index (χ4v) is 4.07. The Morgan fingerprint density at radius 1 is 1.14 bits per heavy atom. The molecular formula is C23H19BrFNO2S. The van der Waals surface area contributed by atoms with Crippen molar-refractivity contribution < 1.29 is 14.3 Å². The number of aryl methyl sites for hydroxylation is 1. The molecule has 148 valence electrons. The summed E-state index contributed by atoms with van der Waals surface area (Å²) < 4.78 is 14.4. The molecule has 0 aliphatic carbocycles. The zero-order chi connectivity index (χ0) is 20.8. The lowest BCUT2D eigenvalue weighted by molar-refractivity contribution is -0.131. The predicted octanol–water partition coefficient (Wildman–Crippen LogP) is 7.03. The van der Waals surface area contributed by atoms with Crippen LogP contribution in [-0.2, 0) is 10.5 Å². The Hall–Kier alpha value is -2.57. The second-order valence-electron chi connectivity index (χ2n) is 6.40. The first-order valence-corrected chi connectivity index (χ1v) is 10.6. The van der Waals surface area contributed by atoms with Gasteiger partial charge < -0.3 is 10.4 Å². The van der Waals surface area contributed by atoms with Gasteiger partial charge in [-0.2, -0.15) is 0 Å². The molecule has 0 heterocycles. The third-order valence-electron chi connectivity index (χ3n) is 4.21. The van der Waals surface area contributed by atoms with Crippen LogP contribution in [-0.4, -0.2) is 11.1 Å². The standard InChI is InChI=1S/C23H19BrFNO2S/c1-15-11-19(24)20(25)13-22(15)26-21-9-8-18(12-17(21)7-10-23(27)28)29-14-16-5-3-2-4-6-16/h2-13,26H,14H2,1H3,(H,27,28)/b10-7+. The van der Waals surface area contributed by atoms with E-state index in [1.54, 1.807) is 23.9 Å². The number of hydrogen-bond acceptors (Lipinski definition) is 3. The molecule has 0 aliphatic rings. The SMILES string of the molecule is Cc1cc(Br)c(F)cc1Nc1ccc(SCc2ccccc2)cc1/C=C/C(=O)O. The van der Waals surface area contributed by atoms with Crippen LogP contribution in [0.25, 0.3) is 6.08 Å². The van der Waals surface area contributed by atoms with E-state index in [1.807, 2.05) is 43.3 Å². The van der Waals surface area contributed by atoms with Crippen LogP contribution < -0.4 is 5.32 Å². The van der Waals surface area contributed by atoms with Gasteiger partial charge in [-0.15, -0.1) is 11.8 Å². The second-order valence-corrected chi connectivity index (χ2v) is 8.30. The fraction of sp³-hybridized carbons (Fsp3) is 0.0870. The molecular weight excluding hydrogens is 453 g/mol. The zero-order valence-corrected chi connectivity index (χ0v) is 18.1. The van der Waals surface area contributed by atoms with Crippen molar-refractivity contribution in [1.29, 1.82) is 0 Å². The topological polar surface area (TPSA) is 49.3 Å². The van der Waals surface area contributed by atoms with Crippen LogP contribution >= 0.6 is 27.7 Å². The summed E-state index contributed by atoms with van der Waals surface area (Å²) in [7, 11) is 0. The zero-order valence-electron chi connectivity index (χ0n) is 15.7. The Bertz CT molecular complexity index is 1050. The molecule has 3 nitrogen and oxygen atoms in total. The smallest absolute Gasteiger partial charge is 0.328 e. The van der Waals surface area contributed by atoms with Crippen molar-refractivity contribution in [2.45, 2.75) is 17.6 Å². The van der Waals surface area contributed by atoms with E-state index < -0.39 is 5.97 Å². The highest BCUT2D eigenvalue weighted by Gasteiger charge is 2.09. The summed E-state index contributed by atoms with van der Waals surface area (Å²) in [5.41, 5.74) is 4.13. The van der Waals surface area contributed by atoms with E-state index >= 15 is 0 Å². The lowest BCUT2D eigenvalue weighted by atomic mass is 10.1. The molecule has 0 saturated carbocycles. The van der Waals surface area contributed by atoms with Crippen LogP contribution in [0.1, 0.15) is 16.7 Å². The van der Waals surface area contributed by atoms with Crippen LogP contribution in [0.4, 0.5) is 15.8 Å². The average molecular weight is 472 g/mol. The summed E-state index contributed by atoms with van der Waals surface area (Å²) in [6, 6.07) is 19.0. The number of anilines is 2. The molecule has 0 bridgehead atoms. The van der Waals surface area contributed by atoms with Crippen molar-refractivity contribution in [1.82, 2.24) is 0 Å². The average Bonchev–Trinajstić information content (AvgIpc) is 2.70. The van der Waals surface area contributed by atoms with E-state index in [-0.39, 0.29) is 5.82 Å². The van der Waals surface area contributed by atoms with Crippen molar-refractivity contribution in [3.63, 3.8) is 0 Å². The largest absolute Gasteiger partial charge is 0.478 e. The molecule has 0 atom stereocenters. The number of aliphatic carboxylic acids is 1. The Balaban J connectivity index is 1.88. The Kier molecular flexibility index (Phi) is 7.12. The second kappa shape index (κ2) is 9.76. The molecule has 0 aromatic heterocycles. The number of nitrogens with one attached hydrogen (secondary N) is 1. The molecule has 0 fully saturated rings. The van der Waals surface area contributed by atoms with Gasteiger partial charge in [0, 0.05) is 28.1 Å². The highest BCUT2D eigenvalue weighted by molar-refractivity contribution is 9.10. The normalized spacial score (nSPS) is 11.0. The first-order chi connectivity index (χ1) is 13.9. The van der Waals surface area contributed by atoms with E-state index in [4.69, 9.17) is 5.11 Å². The van der Waals surface area contributed by atoms with Gasteiger partial charge in [0.15, 0.2) is 0 Å². The summed E-state index contributed by atoms with van der Waals surface area (Å²) >= 11 is 4.85. The highest BCUT2D eigenvalue weighted by atomic mass is 79.9. The van der Waals surface area contributed by atoms with Crippen LogP contribution in [0, 0.1) is 12.7 Å². The van der Waals surface area contributed by atoms with Gasteiger partial charge in [0.05, 0.1) is 4.47 Å². The third-order valence-corrected chi connectivity index (χ3v) is 5.89. The predicted molar refractivity (Wildman–Crippen MR) is 121 cm³/mol. The summed E-state index contributed by atoms with van der Waals surface area (Å²) in [5.74, 6) is -0.577. The molecule has 6 heteroatoms. The van der Waals surface area contributed by atoms with E-state index in [0.717, 1.165) is 22.3 Å². The monoisotopic (exact) mass is 471 g/mol. The molecule has 29 heavy (non-hydrogen) atoms. The lowest BCUT2D eigenvalue weighted by Gasteiger charge is -2.14. The van der Waals surface area contributed by atoms with Crippen molar-refractivity contribution in [2.75, 3.05) is 5.32 Å². The van der Waals surface area contributed by atoms with Crippen molar-refractivity contribution in [2.24, 2.45) is 0 Å². The number of rotatable bonds is 7. The first kappa shape index (κ1) is 21.1. The molecule has 0 unspecified atom stereocenters. The van der Waals surface area contributed by atoms with Crippen LogP contribution in [0.5, 0.6) is 0 Å². The quantitative estimate of drug-likeness (QED) is 0.286. The minimum atomic E-state index is -1.02. The molecule has 3 aromatic rings. The summed E-state index contributed by atoms with van der Waals surface area (Å²) in [5, 5.41) is 12.2. The third kappa shape index (κ3) is 5.95. The Morgan fingerprint density at radius 2 is 1.90 bits per heavy atom. The molecule has 0 saturated heterocycles.